The molecule has 0 atom stereocenters. The Morgan fingerprint density at radius 3 is 2.32 bits per heavy atom. The van der Waals surface area contributed by atoms with Crippen LogP contribution in [0.3, 0.4) is 0 Å². The molecule has 0 aliphatic heterocycles. The predicted molar refractivity (Wildman–Crippen MR) is 102 cm³/mol. The van der Waals surface area contributed by atoms with Gasteiger partial charge in [0, 0.05) is 13.1 Å². The van der Waals surface area contributed by atoms with E-state index in [1.165, 1.54) is 0 Å². The first kappa shape index (κ1) is 19.9. The zero-order valence-corrected chi connectivity index (χ0v) is 17.2. The first-order valence-electron chi connectivity index (χ1n) is 9.22. The molecule has 6 nitrogen and oxygen atoms in total. The lowest BCUT2D eigenvalue weighted by Crippen LogP contribution is -2.60. The van der Waals surface area contributed by atoms with E-state index in [2.05, 4.69) is 31.4 Å². The first-order valence-corrected chi connectivity index (χ1v) is 10.0. The highest BCUT2D eigenvalue weighted by Gasteiger charge is 2.43. The molecule has 2 rings (SSSR count). The number of hydrogen-bond donors (Lipinski definition) is 2. The Bertz CT molecular complexity index is 617. The summed E-state index contributed by atoms with van der Waals surface area (Å²) >= 11 is 3.48. The summed E-state index contributed by atoms with van der Waals surface area (Å²) in [5.74, 6) is -0.0388. The minimum atomic E-state index is -0.808. The van der Waals surface area contributed by atoms with E-state index in [4.69, 9.17) is 0 Å². The molecule has 0 spiro atoms. The highest BCUT2D eigenvalue weighted by Crippen LogP contribution is 2.32. The molecule has 0 bridgehead atoms. The van der Waals surface area contributed by atoms with Crippen LogP contribution in [0.1, 0.15) is 81.9 Å². The molecule has 1 aliphatic carbocycles. The van der Waals surface area contributed by atoms with Crippen LogP contribution in [0.2, 0.25) is 0 Å². The van der Waals surface area contributed by atoms with Gasteiger partial charge in [0.1, 0.15) is 5.54 Å². The summed E-state index contributed by atoms with van der Waals surface area (Å²) in [6.07, 6.45) is 4.38. The first-order chi connectivity index (χ1) is 11.9. The van der Waals surface area contributed by atoms with Crippen LogP contribution in [-0.4, -0.2) is 45.5 Å². The summed E-state index contributed by atoms with van der Waals surface area (Å²) in [4.78, 5) is 27.8. The van der Waals surface area contributed by atoms with Crippen LogP contribution >= 0.6 is 15.9 Å². The van der Waals surface area contributed by atoms with E-state index in [1.807, 2.05) is 32.6 Å². The summed E-state index contributed by atoms with van der Waals surface area (Å²) in [6.45, 7) is 9.31. The van der Waals surface area contributed by atoms with Gasteiger partial charge in [-0.2, -0.15) is 5.10 Å². The van der Waals surface area contributed by atoms with Crippen molar-refractivity contribution in [2.45, 2.75) is 71.3 Å². The number of amides is 2. The van der Waals surface area contributed by atoms with Gasteiger partial charge in [-0.15, -0.1) is 0 Å². The Balaban J connectivity index is 2.28. The van der Waals surface area contributed by atoms with Gasteiger partial charge in [0.05, 0.1) is 10.2 Å². The SMILES string of the molecule is CCN(CC)C(=O)C1(NC(=O)c2n[nH]c(C(C)C)c2Br)CCCCC1. The van der Waals surface area contributed by atoms with Crippen molar-refractivity contribution in [2.24, 2.45) is 0 Å². The molecule has 25 heavy (non-hydrogen) atoms. The number of carbonyl (C=O) groups is 2. The lowest BCUT2D eigenvalue weighted by atomic mass is 9.80. The minimum absolute atomic E-state index is 0.0290. The lowest BCUT2D eigenvalue weighted by Gasteiger charge is -2.39. The van der Waals surface area contributed by atoms with E-state index in [1.54, 1.807) is 0 Å². The Hall–Kier alpha value is -1.37. The van der Waals surface area contributed by atoms with E-state index in [0.717, 1.165) is 25.0 Å². The fourth-order valence-electron chi connectivity index (χ4n) is 3.51. The maximum Gasteiger partial charge on any atom is 0.273 e. The van der Waals surface area contributed by atoms with Crippen molar-refractivity contribution in [2.75, 3.05) is 13.1 Å². The van der Waals surface area contributed by atoms with Gasteiger partial charge in [-0.1, -0.05) is 33.1 Å². The molecule has 7 heteroatoms. The van der Waals surface area contributed by atoms with Crippen LogP contribution in [0.25, 0.3) is 0 Å². The Labute approximate surface area is 158 Å². The molecule has 1 heterocycles. The molecule has 2 N–H and O–H groups in total. The Morgan fingerprint density at radius 2 is 1.84 bits per heavy atom. The molecule has 0 aromatic carbocycles. The Morgan fingerprint density at radius 1 is 1.24 bits per heavy atom. The molecule has 2 amide bonds. The second kappa shape index (κ2) is 8.34. The van der Waals surface area contributed by atoms with Crippen molar-refractivity contribution in [1.82, 2.24) is 20.4 Å². The molecule has 0 radical (unpaired) electrons. The van der Waals surface area contributed by atoms with Crippen molar-refractivity contribution in [1.29, 1.82) is 0 Å². The number of likely N-dealkylation sites (N-methyl/N-ethyl adjacent to an activating group) is 1. The largest absolute Gasteiger partial charge is 0.341 e. The standard InChI is InChI=1S/C18H29BrN4O2/c1-5-23(6-2)17(25)18(10-8-7-9-11-18)20-16(24)15-13(19)14(12(3)4)21-22-15/h12H,5-11H2,1-4H3,(H,20,24)(H,21,22). The molecular formula is C18H29BrN4O2. The average Bonchev–Trinajstić information content (AvgIpc) is 2.98. The number of rotatable bonds is 6. The van der Waals surface area contributed by atoms with Crippen molar-refractivity contribution >= 4 is 27.7 Å². The molecule has 1 aliphatic rings. The third-order valence-electron chi connectivity index (χ3n) is 5.04. The van der Waals surface area contributed by atoms with Crippen molar-refractivity contribution in [3.8, 4) is 0 Å². The summed E-state index contributed by atoms with van der Waals surface area (Å²) in [7, 11) is 0. The number of aromatic amines is 1. The monoisotopic (exact) mass is 412 g/mol. The topological polar surface area (TPSA) is 78.1 Å². The van der Waals surface area contributed by atoms with Crippen molar-refractivity contribution < 1.29 is 9.59 Å². The van der Waals surface area contributed by atoms with E-state index < -0.39 is 5.54 Å². The van der Waals surface area contributed by atoms with E-state index in [9.17, 15) is 9.59 Å². The van der Waals surface area contributed by atoms with Gasteiger partial charge in [0.2, 0.25) is 5.91 Å². The van der Waals surface area contributed by atoms with Gasteiger partial charge in [0.25, 0.3) is 5.91 Å². The van der Waals surface area contributed by atoms with Gasteiger partial charge in [0.15, 0.2) is 5.69 Å². The fraction of sp³-hybridized carbons (Fsp3) is 0.722. The zero-order chi connectivity index (χ0) is 18.6. The van der Waals surface area contributed by atoms with Crippen LogP contribution in [-0.2, 0) is 4.79 Å². The average molecular weight is 413 g/mol. The third-order valence-corrected chi connectivity index (χ3v) is 5.85. The maximum atomic E-state index is 13.1. The quantitative estimate of drug-likeness (QED) is 0.748. The van der Waals surface area contributed by atoms with Gasteiger partial charge in [-0.05, 0) is 48.5 Å². The fourth-order valence-corrected chi connectivity index (χ4v) is 4.33. The van der Waals surface area contributed by atoms with Gasteiger partial charge in [-0.3, -0.25) is 14.7 Å². The number of H-pyrrole nitrogens is 1. The number of aromatic nitrogens is 2. The maximum absolute atomic E-state index is 13.1. The molecule has 1 fully saturated rings. The van der Waals surface area contributed by atoms with E-state index in [0.29, 0.717) is 36.1 Å². The van der Waals surface area contributed by atoms with Crippen LogP contribution < -0.4 is 5.32 Å². The molecule has 1 aromatic heterocycles. The number of halogens is 1. The van der Waals surface area contributed by atoms with Crippen LogP contribution in [0.15, 0.2) is 4.47 Å². The zero-order valence-electron chi connectivity index (χ0n) is 15.6. The summed E-state index contributed by atoms with van der Waals surface area (Å²) < 4.78 is 0.682. The van der Waals surface area contributed by atoms with Crippen LogP contribution in [0, 0.1) is 0 Å². The van der Waals surface area contributed by atoms with E-state index >= 15 is 0 Å². The second-order valence-electron chi connectivity index (χ2n) is 7.03. The highest BCUT2D eigenvalue weighted by molar-refractivity contribution is 9.10. The smallest absolute Gasteiger partial charge is 0.273 e. The molecular weight excluding hydrogens is 384 g/mol. The number of carbonyl (C=O) groups excluding carboxylic acids is 2. The lowest BCUT2D eigenvalue weighted by molar-refractivity contribution is -0.139. The summed E-state index contributed by atoms with van der Waals surface area (Å²) in [6, 6.07) is 0. The predicted octanol–water partition coefficient (Wildman–Crippen LogP) is 3.60. The summed E-state index contributed by atoms with van der Waals surface area (Å²) in [5.41, 5.74) is 0.400. The van der Waals surface area contributed by atoms with Gasteiger partial charge in [-0.25, -0.2) is 0 Å². The molecule has 140 valence electrons. The molecule has 1 saturated carbocycles. The number of hydrogen-bond acceptors (Lipinski definition) is 3. The van der Waals surface area contributed by atoms with Crippen molar-refractivity contribution in [3.05, 3.63) is 15.9 Å². The Kier molecular flexibility index (Phi) is 6.65. The molecule has 1 aromatic rings. The minimum Gasteiger partial charge on any atom is -0.341 e. The van der Waals surface area contributed by atoms with Crippen LogP contribution in [0.5, 0.6) is 0 Å². The molecule has 0 unspecified atom stereocenters. The van der Waals surface area contributed by atoms with Gasteiger partial charge < -0.3 is 10.2 Å². The second-order valence-corrected chi connectivity index (χ2v) is 7.82. The number of nitrogens with one attached hydrogen (secondary N) is 2. The third kappa shape index (κ3) is 4.07. The van der Waals surface area contributed by atoms with Crippen molar-refractivity contribution in [3.63, 3.8) is 0 Å². The number of nitrogens with zero attached hydrogens (tertiary/aromatic N) is 2. The van der Waals surface area contributed by atoms with Gasteiger partial charge >= 0.3 is 0 Å². The molecule has 0 saturated heterocycles. The normalized spacial score (nSPS) is 16.7. The van der Waals surface area contributed by atoms with E-state index in [-0.39, 0.29) is 17.7 Å². The summed E-state index contributed by atoms with van der Waals surface area (Å²) in [5, 5.41) is 10.1. The highest BCUT2D eigenvalue weighted by atomic mass is 79.9. The van der Waals surface area contributed by atoms with Crippen LogP contribution in [0.4, 0.5) is 0 Å².